The Hall–Kier alpha value is -2.35. The Kier molecular flexibility index (Phi) is 8.67. The molecule has 1 aliphatic heterocycles. The molecule has 3 rings (SSSR count). The van der Waals surface area contributed by atoms with Gasteiger partial charge < -0.3 is 14.9 Å². The zero-order valence-corrected chi connectivity index (χ0v) is 22.3. The number of Topliss-reactive ketones (excluding diaryl/α,β-unsaturated/α-hetero) is 1. The van der Waals surface area contributed by atoms with Crippen molar-refractivity contribution in [2.24, 2.45) is 17.3 Å². The molecule has 35 heavy (non-hydrogen) atoms. The molecule has 1 aromatic heterocycles. The number of allylic oxidation sites excluding steroid dienone is 3. The summed E-state index contributed by atoms with van der Waals surface area (Å²) in [7, 11) is 0. The van der Waals surface area contributed by atoms with Crippen LogP contribution in [0.25, 0.3) is 10.2 Å². The lowest BCUT2D eigenvalue weighted by Crippen LogP contribution is -2.45. The topological polar surface area (TPSA) is 96.7 Å². The average molecular weight is 500 g/mol. The molecular formula is C28H37NO5S. The van der Waals surface area contributed by atoms with Gasteiger partial charge in [0.05, 0.1) is 39.3 Å². The summed E-state index contributed by atoms with van der Waals surface area (Å²) in [4.78, 5) is 30.7. The van der Waals surface area contributed by atoms with Crippen molar-refractivity contribution in [3.05, 3.63) is 52.6 Å². The Labute approximate surface area is 211 Å². The number of aromatic nitrogens is 1. The molecule has 5 atom stereocenters. The zero-order valence-electron chi connectivity index (χ0n) is 21.4. The molecule has 0 saturated heterocycles. The number of thiazole rings is 1. The van der Waals surface area contributed by atoms with Crippen molar-refractivity contribution in [2.45, 2.75) is 79.1 Å². The maximum absolute atomic E-state index is 13.2. The second-order valence-electron chi connectivity index (χ2n) is 10.3. The summed E-state index contributed by atoms with van der Waals surface area (Å²) in [5.41, 5.74) is 1.49. The van der Waals surface area contributed by atoms with Crippen LogP contribution in [-0.4, -0.2) is 39.2 Å². The van der Waals surface area contributed by atoms with Crippen LogP contribution in [0.5, 0.6) is 0 Å². The third-order valence-electron chi connectivity index (χ3n) is 7.04. The van der Waals surface area contributed by atoms with Gasteiger partial charge in [-0.15, -0.1) is 11.3 Å². The SMILES string of the molecule is CC1=C/C[C@@H](c2ccc3sc(C)nc3c2)OC(=O)C[C@H](O)C(C)(C)C(=O)[C@H](C)[C@@H](O)[C@@H](C)C\C=C\1. The minimum Gasteiger partial charge on any atom is -0.457 e. The number of nitrogens with zero attached hydrogens (tertiary/aromatic N) is 1. The van der Waals surface area contributed by atoms with E-state index in [1.807, 2.05) is 57.2 Å². The van der Waals surface area contributed by atoms with Gasteiger partial charge in [-0.1, -0.05) is 57.6 Å². The van der Waals surface area contributed by atoms with Crippen LogP contribution in [0.2, 0.25) is 0 Å². The van der Waals surface area contributed by atoms with Gasteiger partial charge >= 0.3 is 5.97 Å². The summed E-state index contributed by atoms with van der Waals surface area (Å²) in [5.74, 6) is -1.66. The van der Waals surface area contributed by atoms with Crippen LogP contribution in [0.15, 0.2) is 42.0 Å². The average Bonchev–Trinajstić information content (AvgIpc) is 3.18. The Morgan fingerprint density at radius 1 is 1.11 bits per heavy atom. The third kappa shape index (κ3) is 6.46. The van der Waals surface area contributed by atoms with Crippen molar-refractivity contribution in [3.63, 3.8) is 0 Å². The molecule has 0 fully saturated rings. The number of benzene rings is 1. The van der Waals surface area contributed by atoms with E-state index in [2.05, 4.69) is 4.98 Å². The molecule has 0 bridgehead atoms. The van der Waals surface area contributed by atoms with Gasteiger partial charge in [0.2, 0.25) is 0 Å². The number of hydrogen-bond acceptors (Lipinski definition) is 7. The number of carbonyl (C=O) groups excluding carboxylic acids is 2. The number of aliphatic hydroxyl groups is 2. The summed E-state index contributed by atoms with van der Waals surface area (Å²) < 4.78 is 6.92. The fraction of sp³-hybridized carbons (Fsp3) is 0.536. The molecule has 2 heterocycles. The molecule has 190 valence electrons. The number of aliphatic hydroxyl groups excluding tert-OH is 2. The molecule has 0 unspecified atom stereocenters. The van der Waals surface area contributed by atoms with Crippen LogP contribution in [0.1, 0.15) is 70.6 Å². The minimum absolute atomic E-state index is 0.134. The van der Waals surface area contributed by atoms with Crippen LogP contribution in [0, 0.1) is 24.2 Å². The van der Waals surface area contributed by atoms with E-state index in [1.165, 1.54) is 0 Å². The van der Waals surface area contributed by atoms with E-state index in [-0.39, 0.29) is 18.1 Å². The predicted molar refractivity (Wildman–Crippen MR) is 139 cm³/mol. The Morgan fingerprint density at radius 2 is 1.83 bits per heavy atom. The monoisotopic (exact) mass is 499 g/mol. The van der Waals surface area contributed by atoms with Crippen LogP contribution in [0.4, 0.5) is 0 Å². The van der Waals surface area contributed by atoms with E-state index in [9.17, 15) is 19.8 Å². The second kappa shape index (κ2) is 11.1. The normalized spacial score (nSPS) is 31.5. The fourth-order valence-electron chi connectivity index (χ4n) is 4.50. The molecule has 1 aromatic carbocycles. The van der Waals surface area contributed by atoms with Gasteiger partial charge in [0.25, 0.3) is 0 Å². The Bertz CT molecular complexity index is 1130. The number of hydrogen-bond donors (Lipinski definition) is 2. The fourth-order valence-corrected chi connectivity index (χ4v) is 5.31. The van der Waals surface area contributed by atoms with Crippen LogP contribution in [-0.2, 0) is 14.3 Å². The molecule has 0 aliphatic carbocycles. The van der Waals surface area contributed by atoms with Crippen molar-refractivity contribution in [2.75, 3.05) is 0 Å². The van der Waals surface area contributed by atoms with Crippen molar-refractivity contribution in [3.8, 4) is 0 Å². The van der Waals surface area contributed by atoms with Crippen LogP contribution >= 0.6 is 11.3 Å². The summed E-state index contributed by atoms with van der Waals surface area (Å²) in [6, 6.07) is 5.88. The van der Waals surface area contributed by atoms with Gasteiger partial charge in [0.15, 0.2) is 0 Å². The molecule has 7 heteroatoms. The van der Waals surface area contributed by atoms with Crippen molar-refractivity contribution in [1.82, 2.24) is 4.98 Å². The lowest BCUT2D eigenvalue weighted by Gasteiger charge is -2.34. The Morgan fingerprint density at radius 3 is 2.54 bits per heavy atom. The first-order chi connectivity index (χ1) is 16.4. The second-order valence-corrected chi connectivity index (χ2v) is 11.6. The zero-order chi connectivity index (χ0) is 25.9. The van der Waals surface area contributed by atoms with E-state index in [4.69, 9.17) is 4.74 Å². The van der Waals surface area contributed by atoms with Gasteiger partial charge in [0.1, 0.15) is 11.9 Å². The molecule has 0 saturated carbocycles. The number of carbonyl (C=O) groups is 2. The standard InChI is InChI=1S/C28H37NO5S/c1-16-8-7-9-17(2)26(32)18(3)27(33)28(5,6)24(30)15-25(31)34-22(12-10-16)20-11-13-23-21(14-20)29-19(4)35-23/h7-8,10-11,13-14,17-18,22,24,26,30,32H,9,12,15H2,1-6H3/b8-7+,16-10-/t17-,18+,22-,24-,26-/m0/s1. The van der Waals surface area contributed by atoms with E-state index >= 15 is 0 Å². The van der Waals surface area contributed by atoms with Crippen molar-refractivity contribution >= 4 is 33.3 Å². The quantitative estimate of drug-likeness (QED) is 0.506. The van der Waals surface area contributed by atoms with E-state index in [0.717, 1.165) is 26.4 Å². The number of aryl methyl sites for hydroxylation is 1. The Balaban J connectivity index is 1.95. The molecule has 0 radical (unpaired) electrons. The van der Waals surface area contributed by atoms with Gasteiger partial charge in [-0.2, -0.15) is 0 Å². The lowest BCUT2D eigenvalue weighted by molar-refractivity contribution is -0.155. The van der Waals surface area contributed by atoms with Crippen LogP contribution in [0.3, 0.4) is 0 Å². The lowest BCUT2D eigenvalue weighted by atomic mass is 9.73. The number of ether oxygens (including phenoxy) is 1. The maximum atomic E-state index is 13.2. The molecule has 1 aliphatic rings. The van der Waals surface area contributed by atoms with E-state index < -0.39 is 35.6 Å². The van der Waals surface area contributed by atoms with Gasteiger partial charge in [-0.25, -0.2) is 4.98 Å². The highest BCUT2D eigenvalue weighted by atomic mass is 32.1. The number of cyclic esters (lactones) is 1. The molecule has 2 N–H and O–H groups in total. The maximum Gasteiger partial charge on any atom is 0.309 e. The number of esters is 1. The third-order valence-corrected chi connectivity index (χ3v) is 8.00. The molecule has 6 nitrogen and oxygen atoms in total. The molecular weight excluding hydrogens is 462 g/mol. The van der Waals surface area contributed by atoms with Gasteiger partial charge in [-0.3, -0.25) is 9.59 Å². The van der Waals surface area contributed by atoms with Crippen molar-refractivity contribution in [1.29, 1.82) is 0 Å². The number of ketones is 1. The summed E-state index contributed by atoms with van der Waals surface area (Å²) in [6.45, 7) is 10.8. The van der Waals surface area contributed by atoms with Gasteiger partial charge in [-0.05, 0) is 43.9 Å². The smallest absolute Gasteiger partial charge is 0.309 e. The molecule has 2 aromatic rings. The highest BCUT2D eigenvalue weighted by molar-refractivity contribution is 7.18. The summed E-state index contributed by atoms with van der Waals surface area (Å²) in [6.07, 6.45) is 4.14. The van der Waals surface area contributed by atoms with E-state index in [1.54, 1.807) is 32.1 Å². The highest BCUT2D eigenvalue weighted by Crippen LogP contribution is 2.33. The largest absolute Gasteiger partial charge is 0.457 e. The first-order valence-corrected chi connectivity index (χ1v) is 13.0. The summed E-state index contributed by atoms with van der Waals surface area (Å²) >= 11 is 1.61. The first-order valence-electron chi connectivity index (χ1n) is 12.2. The highest BCUT2D eigenvalue weighted by Gasteiger charge is 2.42. The minimum atomic E-state index is -1.23. The molecule has 0 spiro atoms. The predicted octanol–water partition coefficient (Wildman–Crippen LogP) is 5.46. The number of rotatable bonds is 1. The van der Waals surface area contributed by atoms with Gasteiger partial charge in [0, 0.05) is 12.3 Å². The number of fused-ring (bicyclic) bond motifs is 1. The van der Waals surface area contributed by atoms with E-state index in [0.29, 0.717) is 12.8 Å². The van der Waals surface area contributed by atoms with Crippen LogP contribution < -0.4 is 0 Å². The first kappa shape index (κ1) is 27.2. The summed E-state index contributed by atoms with van der Waals surface area (Å²) in [5, 5.41) is 22.6. The van der Waals surface area contributed by atoms with Crippen molar-refractivity contribution < 1.29 is 24.5 Å². The molecule has 0 amide bonds.